The van der Waals surface area contributed by atoms with Gasteiger partial charge in [0.1, 0.15) is 0 Å². The number of amides is 1. The number of aryl methyl sites for hydroxylation is 1. The summed E-state index contributed by atoms with van der Waals surface area (Å²) < 4.78 is 0. The Balaban J connectivity index is 2.06. The third kappa shape index (κ3) is 3.85. The second kappa shape index (κ2) is 6.93. The monoisotopic (exact) mass is 282 g/mol. The van der Waals surface area contributed by atoms with Crippen molar-refractivity contribution in [1.82, 2.24) is 4.90 Å². The molecule has 2 aromatic carbocycles. The van der Waals surface area contributed by atoms with Gasteiger partial charge in [0.15, 0.2) is 0 Å². The summed E-state index contributed by atoms with van der Waals surface area (Å²) in [5.74, 6) is 0.0662. The first-order chi connectivity index (χ1) is 10.1. The Morgan fingerprint density at radius 2 is 1.86 bits per heavy atom. The van der Waals surface area contributed by atoms with Crippen molar-refractivity contribution in [1.29, 1.82) is 0 Å². The normalized spacial score (nSPS) is 10.4. The molecule has 0 aliphatic rings. The molecule has 0 heterocycles. The van der Waals surface area contributed by atoms with Crippen LogP contribution in [-0.4, -0.2) is 23.9 Å². The van der Waals surface area contributed by atoms with Gasteiger partial charge in [-0.15, -0.1) is 0 Å². The van der Waals surface area contributed by atoms with Gasteiger partial charge in [-0.25, -0.2) is 0 Å². The minimum atomic E-state index is 0.0662. The summed E-state index contributed by atoms with van der Waals surface area (Å²) in [5, 5.41) is 0. The smallest absolute Gasteiger partial charge is 0.253 e. The summed E-state index contributed by atoms with van der Waals surface area (Å²) in [4.78, 5) is 14.4. The molecule has 0 radical (unpaired) electrons. The van der Waals surface area contributed by atoms with Crippen LogP contribution in [0.15, 0.2) is 48.5 Å². The highest BCUT2D eigenvalue weighted by Gasteiger charge is 2.14. The lowest BCUT2D eigenvalue weighted by molar-refractivity contribution is 0.0766. The largest absolute Gasteiger partial charge is 0.399 e. The summed E-state index contributed by atoms with van der Waals surface area (Å²) >= 11 is 0. The molecular formula is C18H22N2O. The van der Waals surface area contributed by atoms with Crippen molar-refractivity contribution >= 4 is 11.6 Å². The molecule has 0 atom stereocenters. The second-order valence-electron chi connectivity index (χ2n) is 5.19. The van der Waals surface area contributed by atoms with Crippen LogP contribution >= 0.6 is 0 Å². The molecule has 1 amide bonds. The number of likely N-dealkylation sites (N-methyl/N-ethyl adjacent to an activating group) is 1. The fourth-order valence-corrected chi connectivity index (χ4v) is 2.30. The Morgan fingerprint density at radius 3 is 2.48 bits per heavy atom. The van der Waals surface area contributed by atoms with Gasteiger partial charge < -0.3 is 10.6 Å². The van der Waals surface area contributed by atoms with Gasteiger partial charge in [0, 0.05) is 24.3 Å². The van der Waals surface area contributed by atoms with Crippen molar-refractivity contribution in [2.75, 3.05) is 18.8 Å². The van der Waals surface area contributed by atoms with E-state index in [-0.39, 0.29) is 5.91 Å². The summed E-state index contributed by atoms with van der Waals surface area (Å²) in [5.41, 5.74) is 9.43. The maximum absolute atomic E-state index is 12.5. The molecule has 2 rings (SSSR count). The van der Waals surface area contributed by atoms with Gasteiger partial charge in [-0.05, 0) is 49.6 Å². The Labute approximate surface area is 126 Å². The van der Waals surface area contributed by atoms with Crippen molar-refractivity contribution in [3.8, 4) is 0 Å². The lowest BCUT2D eigenvalue weighted by Gasteiger charge is -2.21. The quantitative estimate of drug-likeness (QED) is 0.855. The molecule has 0 spiro atoms. The molecular weight excluding hydrogens is 260 g/mol. The summed E-state index contributed by atoms with van der Waals surface area (Å²) in [7, 11) is 0. The molecule has 0 saturated carbocycles. The molecule has 2 aromatic rings. The summed E-state index contributed by atoms with van der Waals surface area (Å²) in [6.07, 6.45) is 0.869. The van der Waals surface area contributed by atoms with E-state index in [1.165, 1.54) is 5.56 Å². The first-order valence-electron chi connectivity index (χ1n) is 7.31. The number of carbonyl (C=O) groups excluding carboxylic acids is 1. The standard InChI is InChI=1S/C18H22N2O/c1-3-20(12-11-15-7-5-4-6-8-15)18(21)16-9-10-17(19)14(2)13-16/h4-10,13H,3,11-12,19H2,1-2H3. The molecule has 0 fully saturated rings. The van der Waals surface area contributed by atoms with Crippen LogP contribution in [-0.2, 0) is 6.42 Å². The van der Waals surface area contributed by atoms with Crippen molar-refractivity contribution < 1.29 is 4.79 Å². The molecule has 3 nitrogen and oxygen atoms in total. The highest BCUT2D eigenvalue weighted by atomic mass is 16.2. The van der Waals surface area contributed by atoms with E-state index >= 15 is 0 Å². The maximum Gasteiger partial charge on any atom is 0.253 e. The Bertz CT molecular complexity index is 608. The Morgan fingerprint density at radius 1 is 1.14 bits per heavy atom. The molecule has 0 bridgehead atoms. The van der Waals surface area contributed by atoms with E-state index in [4.69, 9.17) is 5.73 Å². The number of rotatable bonds is 5. The van der Waals surface area contributed by atoms with E-state index in [9.17, 15) is 4.79 Å². The van der Waals surface area contributed by atoms with Crippen LogP contribution in [0.4, 0.5) is 5.69 Å². The van der Waals surface area contributed by atoms with E-state index in [2.05, 4.69) is 12.1 Å². The van der Waals surface area contributed by atoms with Crippen LogP contribution in [0.3, 0.4) is 0 Å². The third-order valence-electron chi connectivity index (χ3n) is 3.70. The minimum Gasteiger partial charge on any atom is -0.399 e. The molecule has 2 N–H and O–H groups in total. The van der Waals surface area contributed by atoms with Gasteiger partial charge >= 0.3 is 0 Å². The lowest BCUT2D eigenvalue weighted by Crippen LogP contribution is -2.32. The zero-order chi connectivity index (χ0) is 15.2. The third-order valence-corrected chi connectivity index (χ3v) is 3.70. The zero-order valence-electron chi connectivity index (χ0n) is 12.7. The molecule has 0 aliphatic carbocycles. The van der Waals surface area contributed by atoms with Crippen molar-refractivity contribution in [2.24, 2.45) is 0 Å². The van der Waals surface area contributed by atoms with E-state index in [1.807, 2.05) is 43.0 Å². The van der Waals surface area contributed by atoms with E-state index in [0.29, 0.717) is 12.1 Å². The van der Waals surface area contributed by atoms with Crippen molar-refractivity contribution in [2.45, 2.75) is 20.3 Å². The van der Waals surface area contributed by atoms with Gasteiger partial charge in [-0.2, -0.15) is 0 Å². The van der Waals surface area contributed by atoms with Gasteiger partial charge in [0.2, 0.25) is 0 Å². The first-order valence-corrected chi connectivity index (χ1v) is 7.31. The van der Waals surface area contributed by atoms with Crippen LogP contribution in [0.5, 0.6) is 0 Å². The van der Waals surface area contributed by atoms with Crippen LogP contribution < -0.4 is 5.73 Å². The topological polar surface area (TPSA) is 46.3 Å². The van der Waals surface area contributed by atoms with Crippen LogP contribution in [0.1, 0.15) is 28.4 Å². The number of hydrogen-bond acceptors (Lipinski definition) is 2. The fourth-order valence-electron chi connectivity index (χ4n) is 2.30. The molecule has 0 saturated heterocycles. The van der Waals surface area contributed by atoms with Gasteiger partial charge in [-0.3, -0.25) is 4.79 Å². The lowest BCUT2D eigenvalue weighted by atomic mass is 10.1. The molecule has 110 valence electrons. The van der Waals surface area contributed by atoms with E-state index in [0.717, 1.165) is 24.2 Å². The fraction of sp³-hybridized carbons (Fsp3) is 0.278. The van der Waals surface area contributed by atoms with Gasteiger partial charge in [0.25, 0.3) is 5.91 Å². The van der Waals surface area contributed by atoms with E-state index < -0.39 is 0 Å². The van der Waals surface area contributed by atoms with Crippen molar-refractivity contribution in [3.63, 3.8) is 0 Å². The van der Waals surface area contributed by atoms with Gasteiger partial charge in [0.05, 0.1) is 0 Å². The Hall–Kier alpha value is -2.29. The highest BCUT2D eigenvalue weighted by Crippen LogP contribution is 2.15. The predicted octanol–water partition coefficient (Wildman–Crippen LogP) is 3.28. The van der Waals surface area contributed by atoms with Gasteiger partial charge in [-0.1, -0.05) is 30.3 Å². The van der Waals surface area contributed by atoms with Crippen LogP contribution in [0, 0.1) is 6.92 Å². The zero-order valence-corrected chi connectivity index (χ0v) is 12.7. The molecule has 3 heteroatoms. The number of anilines is 1. The second-order valence-corrected chi connectivity index (χ2v) is 5.19. The summed E-state index contributed by atoms with van der Waals surface area (Å²) in [6.45, 7) is 5.36. The van der Waals surface area contributed by atoms with Crippen LogP contribution in [0.25, 0.3) is 0 Å². The SMILES string of the molecule is CCN(CCc1ccccc1)C(=O)c1ccc(N)c(C)c1. The number of benzene rings is 2. The molecule has 0 unspecified atom stereocenters. The van der Waals surface area contributed by atoms with Crippen molar-refractivity contribution in [3.05, 3.63) is 65.2 Å². The minimum absolute atomic E-state index is 0.0662. The number of nitrogens with zero attached hydrogens (tertiary/aromatic N) is 1. The van der Waals surface area contributed by atoms with Crippen LogP contribution in [0.2, 0.25) is 0 Å². The maximum atomic E-state index is 12.5. The predicted molar refractivity (Wildman–Crippen MR) is 87.3 cm³/mol. The molecule has 0 aromatic heterocycles. The van der Waals surface area contributed by atoms with E-state index in [1.54, 1.807) is 12.1 Å². The summed E-state index contributed by atoms with van der Waals surface area (Å²) in [6, 6.07) is 15.7. The number of carbonyl (C=O) groups is 1. The number of nitrogens with two attached hydrogens (primary N) is 1. The first kappa shape index (κ1) is 15.1. The number of hydrogen-bond donors (Lipinski definition) is 1. The number of nitrogen functional groups attached to an aromatic ring is 1. The average molecular weight is 282 g/mol. The highest BCUT2D eigenvalue weighted by molar-refractivity contribution is 5.94. The average Bonchev–Trinajstić information content (AvgIpc) is 2.51. The molecule has 21 heavy (non-hydrogen) atoms. The Kier molecular flexibility index (Phi) is 4.99. The molecule has 0 aliphatic heterocycles.